The van der Waals surface area contributed by atoms with Crippen molar-refractivity contribution >= 4 is 28.1 Å². The molecule has 0 bridgehead atoms. The highest BCUT2D eigenvalue weighted by atomic mass is 32.1. The Bertz CT molecular complexity index is 1500. The van der Waals surface area contributed by atoms with Crippen molar-refractivity contribution in [2.45, 2.75) is 32.6 Å². The van der Waals surface area contributed by atoms with Crippen LogP contribution in [0.2, 0.25) is 0 Å². The van der Waals surface area contributed by atoms with E-state index in [2.05, 4.69) is 69.4 Å². The highest BCUT2D eigenvalue weighted by Gasteiger charge is 2.28. The fourth-order valence-corrected chi connectivity index (χ4v) is 5.68. The van der Waals surface area contributed by atoms with E-state index in [1.807, 2.05) is 28.3 Å². The second-order valence-electron chi connectivity index (χ2n) is 9.27. The lowest BCUT2D eigenvalue weighted by atomic mass is 10.0. The molecule has 1 aliphatic rings. The maximum atomic E-state index is 13.3. The first-order valence-electron chi connectivity index (χ1n) is 12.2. The second-order valence-corrected chi connectivity index (χ2v) is 10.2. The van der Waals surface area contributed by atoms with Gasteiger partial charge < -0.3 is 9.88 Å². The Morgan fingerprint density at radius 1 is 1.08 bits per heavy atom. The molecular formula is C28H28N6OS. The Labute approximate surface area is 214 Å². The molecule has 0 aliphatic carbocycles. The molecule has 0 saturated heterocycles. The van der Waals surface area contributed by atoms with Crippen molar-refractivity contribution in [3.63, 3.8) is 0 Å². The molecule has 182 valence electrons. The van der Waals surface area contributed by atoms with Crippen molar-refractivity contribution in [3.05, 3.63) is 105 Å². The number of carbonyl (C=O) groups is 1. The number of thiazole rings is 1. The normalized spacial score (nSPS) is 13.7. The van der Waals surface area contributed by atoms with Crippen LogP contribution in [0.4, 0.5) is 0 Å². The number of benzene rings is 2. The van der Waals surface area contributed by atoms with Crippen molar-refractivity contribution in [2.24, 2.45) is 7.05 Å². The van der Waals surface area contributed by atoms with Crippen LogP contribution in [-0.2, 0) is 39.6 Å². The van der Waals surface area contributed by atoms with Crippen molar-refractivity contribution in [2.75, 3.05) is 6.54 Å². The summed E-state index contributed by atoms with van der Waals surface area (Å²) in [5.74, 6) is -0.139. The summed E-state index contributed by atoms with van der Waals surface area (Å²) in [6.07, 6.45) is 4.84. The molecule has 1 aliphatic heterocycles. The summed E-state index contributed by atoms with van der Waals surface area (Å²) < 4.78 is 4.22. The number of nitrogens with one attached hydrogen (secondary N) is 1. The number of rotatable bonds is 7. The van der Waals surface area contributed by atoms with Crippen LogP contribution in [0.3, 0.4) is 0 Å². The summed E-state index contributed by atoms with van der Waals surface area (Å²) in [6, 6.07) is 18.8. The summed E-state index contributed by atoms with van der Waals surface area (Å²) in [6.45, 7) is 3.54. The first-order chi connectivity index (χ1) is 17.7. The van der Waals surface area contributed by atoms with Crippen LogP contribution in [0.1, 0.15) is 37.9 Å². The number of fused-ring (bicyclic) bond motifs is 2. The van der Waals surface area contributed by atoms with E-state index in [4.69, 9.17) is 5.10 Å². The average molecular weight is 497 g/mol. The monoisotopic (exact) mass is 496 g/mol. The number of amides is 1. The predicted molar refractivity (Wildman–Crippen MR) is 142 cm³/mol. The number of hydrogen-bond acceptors (Lipinski definition) is 5. The average Bonchev–Trinajstić information content (AvgIpc) is 3.62. The molecule has 7 nitrogen and oxygen atoms in total. The zero-order valence-corrected chi connectivity index (χ0v) is 21.0. The van der Waals surface area contributed by atoms with Crippen LogP contribution in [0.15, 0.2) is 72.4 Å². The molecule has 0 spiro atoms. The molecule has 1 amide bonds. The van der Waals surface area contributed by atoms with Gasteiger partial charge in [0.05, 0.1) is 13.1 Å². The molecule has 6 rings (SSSR count). The summed E-state index contributed by atoms with van der Waals surface area (Å²) in [5.41, 5.74) is 6.45. The molecule has 0 atom stereocenters. The number of aryl methyl sites for hydroxylation is 1. The topological polar surface area (TPSA) is 68.0 Å². The minimum absolute atomic E-state index is 0.139. The molecule has 8 heteroatoms. The smallest absolute Gasteiger partial charge is 0.272 e. The van der Waals surface area contributed by atoms with Crippen molar-refractivity contribution in [1.29, 1.82) is 0 Å². The predicted octanol–water partition coefficient (Wildman–Crippen LogP) is 4.37. The van der Waals surface area contributed by atoms with Crippen LogP contribution in [0, 0.1) is 0 Å². The molecule has 3 aromatic heterocycles. The van der Waals surface area contributed by atoms with Crippen LogP contribution >= 0.6 is 11.3 Å². The van der Waals surface area contributed by atoms with Gasteiger partial charge in [-0.3, -0.25) is 14.4 Å². The number of carbonyl (C=O) groups excluding carboxylic acids is 1. The molecule has 0 fully saturated rings. The van der Waals surface area contributed by atoms with Crippen molar-refractivity contribution < 1.29 is 4.79 Å². The lowest BCUT2D eigenvalue weighted by Crippen LogP contribution is -2.32. The highest BCUT2D eigenvalue weighted by molar-refractivity contribution is 7.09. The van der Waals surface area contributed by atoms with Crippen molar-refractivity contribution in [3.8, 4) is 0 Å². The zero-order chi connectivity index (χ0) is 24.5. The molecule has 1 N–H and O–H groups in total. The number of para-hydroxylation sites is 1. The molecule has 5 aromatic rings. The minimum Gasteiger partial charge on any atom is -0.350 e. The molecule has 0 radical (unpaired) electrons. The van der Waals surface area contributed by atoms with Gasteiger partial charge in [0.25, 0.3) is 5.91 Å². The minimum atomic E-state index is -0.139. The Balaban J connectivity index is 1.28. The third kappa shape index (κ3) is 4.45. The van der Waals surface area contributed by atoms with Gasteiger partial charge in [0.15, 0.2) is 5.69 Å². The molecule has 0 unspecified atom stereocenters. The maximum absolute atomic E-state index is 13.3. The Morgan fingerprint density at radius 2 is 1.92 bits per heavy atom. The largest absolute Gasteiger partial charge is 0.350 e. The third-order valence-electron chi connectivity index (χ3n) is 6.86. The van der Waals surface area contributed by atoms with Gasteiger partial charge in [-0.05, 0) is 17.2 Å². The van der Waals surface area contributed by atoms with E-state index in [1.54, 1.807) is 6.20 Å². The van der Waals surface area contributed by atoms with Gasteiger partial charge in [0, 0.05) is 73.0 Å². The summed E-state index contributed by atoms with van der Waals surface area (Å²) in [5, 5.41) is 12.0. The van der Waals surface area contributed by atoms with Crippen LogP contribution in [-0.4, -0.2) is 36.7 Å². The standard InChI is InChI=1S/C28H28N6OS/c1-32-17-21(22-9-5-6-10-24(22)32)18-33-13-11-25-23(19-33)27(28(35)30-15-26-29-12-14-36-26)31-34(25)16-20-7-3-2-4-8-20/h2-10,12,14,17H,11,13,15-16,18-19H2,1H3,(H,30,35). The lowest BCUT2D eigenvalue weighted by Gasteiger charge is -2.27. The summed E-state index contributed by atoms with van der Waals surface area (Å²) >= 11 is 1.54. The maximum Gasteiger partial charge on any atom is 0.272 e. The van der Waals surface area contributed by atoms with E-state index in [-0.39, 0.29) is 5.91 Å². The van der Waals surface area contributed by atoms with Crippen LogP contribution < -0.4 is 5.32 Å². The molecule has 2 aromatic carbocycles. The van der Waals surface area contributed by atoms with Gasteiger partial charge in [-0.2, -0.15) is 5.10 Å². The van der Waals surface area contributed by atoms with Gasteiger partial charge in [-0.25, -0.2) is 4.98 Å². The van der Waals surface area contributed by atoms with Gasteiger partial charge in [0.2, 0.25) is 0 Å². The Kier molecular flexibility index (Phi) is 6.13. The molecular weight excluding hydrogens is 468 g/mol. The summed E-state index contributed by atoms with van der Waals surface area (Å²) in [4.78, 5) is 20.0. The van der Waals surface area contributed by atoms with Gasteiger partial charge >= 0.3 is 0 Å². The molecule has 4 heterocycles. The first kappa shape index (κ1) is 22.7. The van der Waals surface area contributed by atoms with Gasteiger partial charge in [-0.15, -0.1) is 11.3 Å². The highest BCUT2D eigenvalue weighted by Crippen LogP contribution is 2.27. The fraction of sp³-hybridized carbons (Fsp3) is 0.250. The zero-order valence-electron chi connectivity index (χ0n) is 20.2. The quantitative estimate of drug-likeness (QED) is 0.363. The van der Waals surface area contributed by atoms with E-state index in [1.165, 1.54) is 33.4 Å². The van der Waals surface area contributed by atoms with E-state index in [0.29, 0.717) is 25.3 Å². The third-order valence-corrected chi connectivity index (χ3v) is 7.64. The number of hydrogen-bond donors (Lipinski definition) is 1. The van der Waals surface area contributed by atoms with Crippen LogP contribution in [0.5, 0.6) is 0 Å². The molecule has 0 saturated carbocycles. The summed E-state index contributed by atoms with van der Waals surface area (Å²) in [7, 11) is 2.10. The second kappa shape index (κ2) is 9.72. The van der Waals surface area contributed by atoms with E-state index in [0.717, 1.165) is 35.8 Å². The first-order valence-corrected chi connectivity index (χ1v) is 13.1. The SMILES string of the molecule is Cn1cc(CN2CCc3c(c(C(=O)NCc4nccs4)nn3Cc3ccccc3)C2)c2ccccc21. The van der Waals surface area contributed by atoms with Gasteiger partial charge in [0.1, 0.15) is 5.01 Å². The molecule has 36 heavy (non-hydrogen) atoms. The van der Waals surface area contributed by atoms with E-state index >= 15 is 0 Å². The number of aromatic nitrogens is 4. The Morgan fingerprint density at radius 3 is 2.75 bits per heavy atom. The van der Waals surface area contributed by atoms with E-state index in [9.17, 15) is 4.79 Å². The lowest BCUT2D eigenvalue weighted by molar-refractivity contribution is 0.0942. The fourth-order valence-electron chi connectivity index (χ4n) is 5.12. The Hall–Kier alpha value is -3.75. The van der Waals surface area contributed by atoms with Crippen LogP contribution in [0.25, 0.3) is 10.9 Å². The van der Waals surface area contributed by atoms with E-state index < -0.39 is 0 Å². The van der Waals surface area contributed by atoms with Gasteiger partial charge in [-0.1, -0.05) is 48.5 Å². The number of nitrogens with zero attached hydrogens (tertiary/aromatic N) is 5. The van der Waals surface area contributed by atoms with Crippen molar-refractivity contribution in [1.82, 2.24) is 29.5 Å².